The van der Waals surface area contributed by atoms with Crippen molar-refractivity contribution in [3.63, 3.8) is 0 Å². The minimum atomic E-state index is -0.714. The van der Waals surface area contributed by atoms with E-state index >= 15 is 0 Å². The number of likely N-dealkylation sites (tertiary alicyclic amines) is 1. The van der Waals surface area contributed by atoms with Crippen molar-refractivity contribution in [3.8, 4) is 0 Å². The molecule has 0 aliphatic carbocycles. The van der Waals surface area contributed by atoms with Crippen molar-refractivity contribution in [2.24, 2.45) is 11.7 Å². The number of allylic oxidation sites excluding steroid dienone is 4. The molecule has 2 aromatic carbocycles. The van der Waals surface area contributed by atoms with Gasteiger partial charge in [0.05, 0.1) is 17.8 Å². The first-order valence-electron chi connectivity index (χ1n) is 13.5. The fourth-order valence-corrected chi connectivity index (χ4v) is 4.70. The van der Waals surface area contributed by atoms with Gasteiger partial charge in [-0.1, -0.05) is 87.2 Å². The first-order valence-corrected chi connectivity index (χ1v) is 13.5. The van der Waals surface area contributed by atoms with Crippen molar-refractivity contribution in [3.05, 3.63) is 120 Å². The van der Waals surface area contributed by atoms with Crippen LogP contribution in [-0.4, -0.2) is 49.0 Å². The van der Waals surface area contributed by atoms with Gasteiger partial charge in [-0.2, -0.15) is 0 Å². The third kappa shape index (κ3) is 6.99. The van der Waals surface area contributed by atoms with E-state index in [0.29, 0.717) is 24.5 Å². The first-order chi connectivity index (χ1) is 19.0. The Kier molecular flexibility index (Phi) is 11.0. The third-order valence-corrected chi connectivity index (χ3v) is 6.84. The predicted octanol–water partition coefficient (Wildman–Crippen LogP) is 5.27. The van der Waals surface area contributed by atoms with Gasteiger partial charge in [-0.25, -0.2) is 0 Å². The van der Waals surface area contributed by atoms with Crippen LogP contribution in [0.5, 0.6) is 0 Å². The van der Waals surface area contributed by atoms with Crippen molar-refractivity contribution in [2.75, 3.05) is 20.7 Å². The molecule has 7 nitrogen and oxygen atoms in total. The van der Waals surface area contributed by atoms with Crippen molar-refractivity contribution < 1.29 is 14.3 Å². The molecule has 1 amide bonds. The van der Waals surface area contributed by atoms with E-state index in [-0.39, 0.29) is 17.9 Å². The van der Waals surface area contributed by atoms with Crippen LogP contribution in [0.1, 0.15) is 44.4 Å². The predicted molar refractivity (Wildman–Crippen MR) is 157 cm³/mol. The van der Waals surface area contributed by atoms with Crippen LogP contribution in [0.3, 0.4) is 0 Å². The van der Waals surface area contributed by atoms with Gasteiger partial charge in [0.1, 0.15) is 5.76 Å². The second-order valence-corrected chi connectivity index (χ2v) is 9.20. The lowest BCUT2D eigenvalue weighted by molar-refractivity contribution is -0.222. The highest BCUT2D eigenvalue weighted by atomic mass is 16.5. The molecule has 208 valence electrons. The lowest BCUT2D eigenvalue weighted by Crippen LogP contribution is -2.69. The smallest absolute Gasteiger partial charge is 0.237 e. The first kappa shape index (κ1) is 29.7. The van der Waals surface area contributed by atoms with E-state index in [1.165, 1.54) is 0 Å². The van der Waals surface area contributed by atoms with E-state index < -0.39 is 12.6 Å². The zero-order chi connectivity index (χ0) is 28.4. The molecule has 1 fully saturated rings. The number of likely N-dealkylation sites (N-methyl/N-ethyl adjacent to an activating group) is 1. The highest BCUT2D eigenvalue weighted by Gasteiger charge is 2.53. The summed E-state index contributed by atoms with van der Waals surface area (Å²) in [5.41, 5.74) is 9.28. The number of nitrogens with zero attached hydrogens (tertiary/aromatic N) is 2. The van der Waals surface area contributed by atoms with E-state index in [0.717, 1.165) is 16.7 Å². The second-order valence-electron chi connectivity index (χ2n) is 9.20. The minimum Gasteiger partial charge on any atom is -0.470 e. The molecule has 2 aliphatic rings. The molecular weight excluding hydrogens is 488 g/mol. The van der Waals surface area contributed by atoms with Gasteiger partial charge in [0.15, 0.2) is 12.6 Å². The Morgan fingerprint density at radius 1 is 1.13 bits per heavy atom. The molecule has 7 heteroatoms. The number of β-lactam (4-membered cyclic amide) rings is 1. The molecule has 2 heterocycles. The number of hydrogen-bond acceptors (Lipinski definition) is 6. The summed E-state index contributed by atoms with van der Waals surface area (Å²) in [6.07, 6.45) is 6.79. The normalized spacial score (nSPS) is 19.8. The zero-order valence-electron chi connectivity index (χ0n) is 23.7. The van der Waals surface area contributed by atoms with Gasteiger partial charge >= 0.3 is 0 Å². The Morgan fingerprint density at radius 2 is 1.72 bits per heavy atom. The molecule has 2 aromatic rings. The highest BCUT2D eigenvalue weighted by molar-refractivity contribution is 5.86. The molecule has 1 saturated heterocycles. The number of rotatable bonds is 11. The summed E-state index contributed by atoms with van der Waals surface area (Å²) in [4.78, 5) is 17.2. The summed E-state index contributed by atoms with van der Waals surface area (Å²) in [5.74, 6) is 0.872. The number of methoxy groups -OCH3 is 1. The standard InChI is InChI=1S/C30H36N4O3.C2H6/c1-5-24(6-2)37-29-25(19-21-17-18-33(3)26(31)20-21)28(35)34(29)30(36-4)32-27(22-13-9-7-10-14-22)23-15-11-8-12-16-23;1-2/h5-17,20,25,27,29-30,32H,1,18-19,31H2,2-4H3;1-2H3/b24-6+;/t25-,29?,30?;/m0./s1. The third-order valence-electron chi connectivity index (χ3n) is 6.84. The van der Waals surface area contributed by atoms with Crippen LogP contribution in [0, 0.1) is 5.92 Å². The fourth-order valence-electron chi connectivity index (χ4n) is 4.70. The van der Waals surface area contributed by atoms with Gasteiger partial charge < -0.3 is 20.1 Å². The van der Waals surface area contributed by atoms with Crippen LogP contribution in [0.2, 0.25) is 0 Å². The monoisotopic (exact) mass is 530 g/mol. The number of hydrogen-bond donors (Lipinski definition) is 2. The molecule has 3 N–H and O–H groups in total. The Bertz CT molecular complexity index is 1140. The Morgan fingerprint density at radius 3 is 2.21 bits per heavy atom. The molecule has 0 saturated carbocycles. The lowest BCUT2D eigenvalue weighted by atomic mass is 9.87. The summed E-state index contributed by atoms with van der Waals surface area (Å²) < 4.78 is 12.1. The van der Waals surface area contributed by atoms with Gasteiger partial charge in [-0.3, -0.25) is 15.0 Å². The van der Waals surface area contributed by atoms with Crippen LogP contribution in [0.15, 0.2) is 109 Å². The number of nitrogens with one attached hydrogen (secondary N) is 1. The maximum Gasteiger partial charge on any atom is 0.237 e. The number of carbonyl (C=O) groups is 1. The molecule has 0 aromatic heterocycles. The Hall–Kier alpha value is -3.81. The topological polar surface area (TPSA) is 80.1 Å². The summed E-state index contributed by atoms with van der Waals surface area (Å²) in [6.45, 7) is 10.4. The van der Waals surface area contributed by atoms with Crippen LogP contribution in [-0.2, 0) is 14.3 Å². The van der Waals surface area contributed by atoms with Gasteiger partial charge in [0, 0.05) is 20.7 Å². The summed E-state index contributed by atoms with van der Waals surface area (Å²) in [5, 5.41) is 3.55. The summed E-state index contributed by atoms with van der Waals surface area (Å²) >= 11 is 0. The quantitative estimate of drug-likeness (QED) is 0.178. The van der Waals surface area contributed by atoms with Crippen LogP contribution >= 0.6 is 0 Å². The van der Waals surface area contributed by atoms with Gasteiger partial charge in [0.25, 0.3) is 0 Å². The Balaban J connectivity index is 0.00000205. The van der Waals surface area contributed by atoms with Crippen molar-refractivity contribution in [2.45, 2.75) is 45.8 Å². The molecule has 2 unspecified atom stereocenters. The van der Waals surface area contributed by atoms with Gasteiger partial charge in [-0.05, 0) is 48.3 Å². The lowest BCUT2D eigenvalue weighted by Gasteiger charge is -2.50. The largest absolute Gasteiger partial charge is 0.470 e. The molecule has 39 heavy (non-hydrogen) atoms. The van der Waals surface area contributed by atoms with Gasteiger partial charge in [-0.15, -0.1) is 0 Å². The fraction of sp³-hybridized carbons (Fsp3) is 0.344. The average Bonchev–Trinajstić information content (AvgIpc) is 2.99. The maximum absolute atomic E-state index is 13.6. The number of nitrogens with two attached hydrogens (primary N) is 1. The number of benzene rings is 2. The molecule has 0 radical (unpaired) electrons. The number of carbonyl (C=O) groups excluding carboxylic acids is 1. The van der Waals surface area contributed by atoms with Crippen molar-refractivity contribution in [1.82, 2.24) is 15.1 Å². The molecule has 3 atom stereocenters. The minimum absolute atomic E-state index is 0.0458. The van der Waals surface area contributed by atoms with E-state index in [1.54, 1.807) is 18.1 Å². The van der Waals surface area contributed by atoms with E-state index in [1.807, 2.05) is 81.3 Å². The summed E-state index contributed by atoms with van der Waals surface area (Å²) in [7, 11) is 3.53. The van der Waals surface area contributed by atoms with Gasteiger partial charge in [0.2, 0.25) is 5.91 Å². The Labute approximate surface area is 233 Å². The zero-order valence-corrected chi connectivity index (χ0v) is 23.7. The van der Waals surface area contributed by atoms with Crippen LogP contribution in [0.4, 0.5) is 0 Å². The SMILES string of the molecule is C=C/C(=C\C)OC1[C@@H](CC2=CCN(C)C(N)=C2)C(=O)N1C(NC(c1ccccc1)c1ccccc1)OC.CC. The number of amides is 1. The van der Waals surface area contributed by atoms with Crippen LogP contribution in [0.25, 0.3) is 0 Å². The van der Waals surface area contributed by atoms with Crippen molar-refractivity contribution in [1.29, 1.82) is 0 Å². The van der Waals surface area contributed by atoms with E-state index in [4.69, 9.17) is 15.2 Å². The molecule has 0 bridgehead atoms. The molecule has 4 rings (SSSR count). The maximum atomic E-state index is 13.6. The molecular formula is C32H42N4O3. The second kappa shape index (κ2) is 14.4. The average molecular weight is 531 g/mol. The van der Waals surface area contributed by atoms with E-state index in [2.05, 4.69) is 42.2 Å². The van der Waals surface area contributed by atoms with Crippen molar-refractivity contribution >= 4 is 5.91 Å². The molecule has 0 spiro atoms. The molecule has 2 aliphatic heterocycles. The van der Waals surface area contributed by atoms with E-state index in [9.17, 15) is 4.79 Å². The highest BCUT2D eigenvalue weighted by Crippen LogP contribution is 2.37. The number of ether oxygens (including phenoxy) is 2. The summed E-state index contributed by atoms with van der Waals surface area (Å²) in [6, 6.07) is 20.0. The van der Waals surface area contributed by atoms with Crippen LogP contribution < -0.4 is 11.1 Å².